The number of nitrogens with zero attached hydrogens (tertiary/aromatic N) is 3. The standard InChI is InChI=1S/C41H62ClN6O7P/c1-2-3-4-5-6-7-8-9-10-11-12-13-14-15-16-17-24-51-28-35(52-27-33-18-19-34(26-43)36(42)25-33)29-53-56(49,50)54-31-41(30-44)23-22-39(55-41)37-20-21-38(48-37)40(46)47-32-45/h18-21,25,32,35,39,48H,2-17,22-24,27-29,31H2,1H3,(H,49,50)(H3,45,46,47)/t35-,39-,41-/m1/s1. The molecule has 56 heavy (non-hydrogen) atoms. The van der Waals surface area contributed by atoms with Crippen molar-refractivity contribution in [1.29, 1.82) is 15.9 Å². The summed E-state index contributed by atoms with van der Waals surface area (Å²) in [4.78, 5) is 17.4. The van der Waals surface area contributed by atoms with Crippen LogP contribution in [0.1, 0.15) is 151 Å². The fraction of sp³-hybridized carbons (Fsp3) is 0.659. The maximum absolute atomic E-state index is 13.0. The Morgan fingerprint density at radius 2 is 1.68 bits per heavy atom. The third-order valence-electron chi connectivity index (χ3n) is 9.89. The number of benzene rings is 1. The fourth-order valence-electron chi connectivity index (χ4n) is 6.55. The third-order valence-corrected chi connectivity index (χ3v) is 11.1. The largest absolute Gasteiger partial charge is 0.472 e. The number of phosphoric acid groups is 1. The molecule has 1 unspecified atom stereocenters. The number of nitrogens with two attached hydrogens (primary N) is 1. The molecule has 0 amide bonds. The van der Waals surface area contributed by atoms with Gasteiger partial charge in [0.1, 0.15) is 37.0 Å². The van der Waals surface area contributed by atoms with E-state index < -0.39 is 32.2 Å². The minimum Gasteiger partial charge on any atom is -0.382 e. The third kappa shape index (κ3) is 18.0. The zero-order chi connectivity index (χ0) is 40.5. The van der Waals surface area contributed by atoms with Crippen LogP contribution in [0.5, 0.6) is 0 Å². The van der Waals surface area contributed by atoms with Gasteiger partial charge in [0, 0.05) is 12.3 Å². The summed E-state index contributed by atoms with van der Waals surface area (Å²) in [5.41, 5.74) is 6.57. The van der Waals surface area contributed by atoms with Crippen LogP contribution in [0.15, 0.2) is 35.3 Å². The van der Waals surface area contributed by atoms with E-state index in [0.717, 1.165) is 25.6 Å². The number of nitrogens with one attached hydrogen (secondary N) is 2. The van der Waals surface area contributed by atoms with Gasteiger partial charge in [-0.3, -0.25) is 14.5 Å². The fourth-order valence-corrected chi connectivity index (χ4v) is 7.59. The van der Waals surface area contributed by atoms with Crippen molar-refractivity contribution in [3.8, 4) is 12.1 Å². The van der Waals surface area contributed by atoms with Crippen LogP contribution in [0, 0.1) is 28.1 Å². The molecule has 3 rings (SSSR count). The van der Waals surface area contributed by atoms with Gasteiger partial charge in [-0.1, -0.05) is 121 Å². The number of phosphoric ester groups is 1. The molecule has 5 N–H and O–H groups in total. The molecular formula is C41H62ClN6O7P. The molecule has 0 spiro atoms. The Bertz CT molecular complexity index is 1610. The highest BCUT2D eigenvalue weighted by Gasteiger charge is 2.44. The summed E-state index contributed by atoms with van der Waals surface area (Å²) in [6.07, 6.45) is 20.8. The van der Waals surface area contributed by atoms with E-state index >= 15 is 0 Å². The molecular weight excluding hydrogens is 755 g/mol. The van der Waals surface area contributed by atoms with Crippen LogP contribution < -0.4 is 5.73 Å². The van der Waals surface area contributed by atoms with Gasteiger partial charge in [-0.2, -0.15) is 10.5 Å². The number of nitriles is 2. The molecule has 4 atom stereocenters. The SMILES string of the molecule is CCCCCCCCCCCCCCCCCCOC[C@H](COP(=O)(O)OC[C@]1(C#N)CC[C@H](c2ccc(C(N)=NC=N)[nH]2)O1)OCc1ccc(C#N)c(Cl)c1. The average molecular weight is 817 g/mol. The van der Waals surface area contributed by atoms with Crippen molar-refractivity contribution in [2.45, 2.75) is 147 Å². The van der Waals surface area contributed by atoms with Gasteiger partial charge in [0.25, 0.3) is 0 Å². The van der Waals surface area contributed by atoms with Crippen LogP contribution in [-0.4, -0.2) is 60.2 Å². The Morgan fingerprint density at radius 3 is 2.27 bits per heavy atom. The number of hydrogen-bond acceptors (Lipinski definition) is 9. The normalized spacial score (nSPS) is 18.7. The predicted molar refractivity (Wildman–Crippen MR) is 219 cm³/mol. The van der Waals surface area contributed by atoms with E-state index in [1.807, 2.05) is 6.07 Å². The van der Waals surface area contributed by atoms with Gasteiger partial charge in [0.2, 0.25) is 0 Å². The number of ether oxygens (including phenoxy) is 3. The van der Waals surface area contributed by atoms with Gasteiger partial charge in [-0.05, 0) is 49.1 Å². The van der Waals surface area contributed by atoms with Gasteiger partial charge < -0.3 is 29.8 Å². The number of H-pyrrole nitrogens is 1. The second-order valence-electron chi connectivity index (χ2n) is 14.5. The molecule has 1 aromatic carbocycles. The number of halogens is 1. The predicted octanol–water partition coefficient (Wildman–Crippen LogP) is 9.96. The van der Waals surface area contributed by atoms with Gasteiger partial charge in [-0.15, -0.1) is 0 Å². The Morgan fingerprint density at radius 1 is 1.04 bits per heavy atom. The van der Waals surface area contributed by atoms with Crippen molar-refractivity contribution >= 4 is 31.6 Å². The lowest BCUT2D eigenvalue weighted by Gasteiger charge is -2.24. The lowest BCUT2D eigenvalue weighted by atomic mass is 10.0. The number of aromatic nitrogens is 1. The minimum atomic E-state index is -4.64. The number of aliphatic imine (C=N–C) groups is 1. The van der Waals surface area contributed by atoms with E-state index in [1.165, 1.54) is 83.5 Å². The number of amidine groups is 1. The van der Waals surface area contributed by atoms with Crippen molar-refractivity contribution in [2.75, 3.05) is 26.4 Å². The van der Waals surface area contributed by atoms with E-state index in [4.69, 9.17) is 46.0 Å². The van der Waals surface area contributed by atoms with Crippen LogP contribution in [-0.2, 0) is 34.4 Å². The van der Waals surface area contributed by atoms with Crippen molar-refractivity contribution in [2.24, 2.45) is 10.7 Å². The summed E-state index contributed by atoms with van der Waals surface area (Å²) < 4.78 is 41.6. The molecule has 1 fully saturated rings. The van der Waals surface area contributed by atoms with Gasteiger partial charge >= 0.3 is 7.82 Å². The summed E-state index contributed by atoms with van der Waals surface area (Å²) in [5.74, 6) is 0.131. The van der Waals surface area contributed by atoms with E-state index in [0.29, 0.717) is 40.6 Å². The smallest absolute Gasteiger partial charge is 0.382 e. The number of rotatable bonds is 31. The zero-order valence-corrected chi connectivity index (χ0v) is 34.7. The highest BCUT2D eigenvalue weighted by atomic mass is 35.5. The van der Waals surface area contributed by atoms with E-state index in [1.54, 1.807) is 30.3 Å². The molecule has 310 valence electrons. The minimum absolute atomic E-state index is 0.102. The van der Waals surface area contributed by atoms with Crippen LogP contribution >= 0.6 is 19.4 Å². The summed E-state index contributed by atoms with van der Waals surface area (Å²) in [7, 11) is -4.64. The molecule has 2 aromatic rings. The maximum atomic E-state index is 13.0. The summed E-state index contributed by atoms with van der Waals surface area (Å²) in [6.45, 7) is 2.18. The molecule has 0 bridgehead atoms. The molecule has 0 saturated carbocycles. The molecule has 1 saturated heterocycles. The summed E-state index contributed by atoms with van der Waals surface area (Å²) in [5, 5.41) is 26.6. The molecule has 15 heteroatoms. The first-order valence-electron chi connectivity index (χ1n) is 20.2. The van der Waals surface area contributed by atoms with Crippen LogP contribution in [0.2, 0.25) is 5.02 Å². The lowest BCUT2D eigenvalue weighted by molar-refractivity contribution is -0.0588. The first-order valence-corrected chi connectivity index (χ1v) is 22.1. The van der Waals surface area contributed by atoms with Gasteiger partial charge in [0.15, 0.2) is 5.60 Å². The molecule has 13 nitrogen and oxygen atoms in total. The number of aromatic amines is 1. The monoisotopic (exact) mass is 816 g/mol. The van der Waals surface area contributed by atoms with Gasteiger partial charge in [-0.25, -0.2) is 9.56 Å². The van der Waals surface area contributed by atoms with E-state index in [2.05, 4.69) is 23.0 Å². The summed E-state index contributed by atoms with van der Waals surface area (Å²) in [6, 6.07) is 12.5. The van der Waals surface area contributed by atoms with Crippen LogP contribution in [0.4, 0.5) is 0 Å². The van der Waals surface area contributed by atoms with Crippen molar-refractivity contribution in [3.05, 3.63) is 57.9 Å². The van der Waals surface area contributed by atoms with Crippen molar-refractivity contribution < 1.29 is 32.7 Å². The highest BCUT2D eigenvalue weighted by molar-refractivity contribution is 7.47. The van der Waals surface area contributed by atoms with E-state index in [9.17, 15) is 20.0 Å². The molecule has 0 radical (unpaired) electrons. The zero-order valence-electron chi connectivity index (χ0n) is 33.0. The van der Waals surface area contributed by atoms with Crippen LogP contribution in [0.3, 0.4) is 0 Å². The Labute approximate surface area is 338 Å². The topological polar surface area (TPSA) is 209 Å². The Kier molecular flexibility index (Phi) is 22.6. The van der Waals surface area contributed by atoms with Crippen LogP contribution in [0.25, 0.3) is 0 Å². The van der Waals surface area contributed by atoms with Crippen molar-refractivity contribution in [3.63, 3.8) is 0 Å². The number of unbranched alkanes of at least 4 members (excludes halogenated alkanes) is 15. The molecule has 1 aliphatic heterocycles. The molecule has 2 heterocycles. The highest BCUT2D eigenvalue weighted by Crippen LogP contribution is 2.47. The second-order valence-corrected chi connectivity index (χ2v) is 16.4. The molecule has 1 aromatic heterocycles. The summed E-state index contributed by atoms with van der Waals surface area (Å²) >= 11 is 6.20. The molecule has 1 aliphatic rings. The molecule has 0 aliphatic carbocycles. The van der Waals surface area contributed by atoms with E-state index in [-0.39, 0.29) is 32.1 Å². The first-order chi connectivity index (χ1) is 27.1. The first kappa shape index (κ1) is 47.3. The average Bonchev–Trinajstić information content (AvgIpc) is 3.86. The second kappa shape index (κ2) is 26.7. The van der Waals surface area contributed by atoms with Gasteiger partial charge in [0.05, 0.1) is 42.2 Å². The Hall–Kier alpha value is -3.10. The lowest BCUT2D eigenvalue weighted by Crippen LogP contribution is -2.32. The maximum Gasteiger partial charge on any atom is 0.472 e. The quantitative estimate of drug-likeness (QED) is 0.0245. The number of hydrogen-bond donors (Lipinski definition) is 4. The Balaban J connectivity index is 1.39. The van der Waals surface area contributed by atoms with Crippen molar-refractivity contribution in [1.82, 2.24) is 4.98 Å².